The Balaban J connectivity index is 1.44. The van der Waals surface area contributed by atoms with Gasteiger partial charge in [-0.1, -0.05) is 19.1 Å². The molecule has 0 unspecified atom stereocenters. The number of aryl methyl sites for hydroxylation is 1. The molecule has 2 saturated heterocycles. The van der Waals surface area contributed by atoms with Crippen LogP contribution in [0.25, 0.3) is 0 Å². The SMILES string of the molecule is CCc1ccc(C(=O)Nc2sccc2C(=O)N2CC[C@@H]3CNC[C@@H]3CC2)cc1. The Labute approximate surface area is 170 Å². The molecule has 2 amide bonds. The fourth-order valence-electron chi connectivity index (χ4n) is 4.23. The quantitative estimate of drug-likeness (QED) is 0.828. The van der Waals surface area contributed by atoms with Gasteiger partial charge in [-0.3, -0.25) is 9.59 Å². The minimum atomic E-state index is -0.171. The molecular weight excluding hydrogens is 370 g/mol. The van der Waals surface area contributed by atoms with E-state index in [0.717, 1.165) is 45.4 Å². The van der Waals surface area contributed by atoms with Gasteiger partial charge >= 0.3 is 0 Å². The Kier molecular flexibility index (Phi) is 5.78. The fourth-order valence-corrected chi connectivity index (χ4v) is 5.01. The third kappa shape index (κ3) is 3.98. The molecule has 4 rings (SSSR count). The largest absolute Gasteiger partial charge is 0.339 e. The molecule has 3 heterocycles. The summed E-state index contributed by atoms with van der Waals surface area (Å²) in [7, 11) is 0. The van der Waals surface area contributed by atoms with Gasteiger partial charge in [-0.25, -0.2) is 0 Å². The summed E-state index contributed by atoms with van der Waals surface area (Å²) in [6.45, 7) is 5.82. The van der Waals surface area contributed by atoms with Gasteiger partial charge < -0.3 is 15.5 Å². The third-order valence-corrected chi connectivity index (χ3v) is 6.88. The van der Waals surface area contributed by atoms with E-state index in [4.69, 9.17) is 0 Å². The Morgan fingerprint density at radius 3 is 2.43 bits per heavy atom. The van der Waals surface area contributed by atoms with Gasteiger partial charge in [0.2, 0.25) is 0 Å². The molecule has 0 spiro atoms. The topological polar surface area (TPSA) is 61.4 Å². The molecule has 0 saturated carbocycles. The van der Waals surface area contributed by atoms with Crippen LogP contribution in [-0.2, 0) is 6.42 Å². The summed E-state index contributed by atoms with van der Waals surface area (Å²) >= 11 is 1.41. The van der Waals surface area contributed by atoms with Gasteiger partial charge in [-0.2, -0.15) is 0 Å². The molecule has 2 aliphatic rings. The summed E-state index contributed by atoms with van der Waals surface area (Å²) in [4.78, 5) is 27.7. The highest BCUT2D eigenvalue weighted by atomic mass is 32.1. The van der Waals surface area contributed by atoms with E-state index in [1.54, 1.807) is 0 Å². The Morgan fingerprint density at radius 1 is 1.11 bits per heavy atom. The number of carbonyl (C=O) groups excluding carboxylic acids is 2. The summed E-state index contributed by atoms with van der Waals surface area (Å²) in [6, 6.07) is 9.45. The number of nitrogens with one attached hydrogen (secondary N) is 2. The van der Waals surface area contributed by atoms with Gasteiger partial charge in [0.25, 0.3) is 11.8 Å². The highest BCUT2D eigenvalue weighted by Crippen LogP contribution is 2.30. The number of anilines is 1. The van der Waals surface area contributed by atoms with Gasteiger partial charge in [0, 0.05) is 18.7 Å². The van der Waals surface area contributed by atoms with Crippen molar-refractivity contribution in [3.05, 3.63) is 52.4 Å². The van der Waals surface area contributed by atoms with Crippen molar-refractivity contribution in [2.24, 2.45) is 11.8 Å². The van der Waals surface area contributed by atoms with Crippen LogP contribution in [0.2, 0.25) is 0 Å². The molecule has 6 heteroatoms. The second kappa shape index (κ2) is 8.45. The first-order valence-corrected chi connectivity index (χ1v) is 11.0. The summed E-state index contributed by atoms with van der Waals surface area (Å²) < 4.78 is 0. The van der Waals surface area contributed by atoms with E-state index < -0.39 is 0 Å². The van der Waals surface area contributed by atoms with Crippen molar-refractivity contribution in [2.45, 2.75) is 26.2 Å². The number of rotatable bonds is 4. The monoisotopic (exact) mass is 397 g/mol. The molecule has 1 aromatic heterocycles. The van der Waals surface area contributed by atoms with Gasteiger partial charge in [-0.05, 0) is 73.3 Å². The Morgan fingerprint density at radius 2 is 1.79 bits per heavy atom. The minimum absolute atomic E-state index is 0.0332. The van der Waals surface area contributed by atoms with Crippen LogP contribution in [0, 0.1) is 11.8 Å². The van der Waals surface area contributed by atoms with Crippen LogP contribution in [0.4, 0.5) is 5.00 Å². The van der Waals surface area contributed by atoms with Crippen molar-refractivity contribution in [1.82, 2.24) is 10.2 Å². The standard InChI is InChI=1S/C22H27N3O2S/c1-2-15-3-5-16(6-4-15)20(26)24-21-19(9-12-28-21)22(27)25-10-7-17-13-23-14-18(17)8-11-25/h3-6,9,12,17-18,23H,2,7-8,10-11,13-14H2,1H3,(H,24,26)/t17-,18+. The van der Waals surface area contributed by atoms with E-state index >= 15 is 0 Å². The number of amides is 2. The summed E-state index contributed by atoms with van der Waals surface area (Å²) in [5.41, 5.74) is 2.41. The van der Waals surface area contributed by atoms with Crippen molar-refractivity contribution < 1.29 is 9.59 Å². The molecular formula is C22H27N3O2S. The zero-order chi connectivity index (χ0) is 19.5. The van der Waals surface area contributed by atoms with Crippen LogP contribution in [0.15, 0.2) is 35.7 Å². The molecule has 2 aliphatic heterocycles. The molecule has 0 radical (unpaired) electrons. The average molecular weight is 398 g/mol. The first kappa shape index (κ1) is 19.2. The van der Waals surface area contributed by atoms with Crippen LogP contribution < -0.4 is 10.6 Å². The van der Waals surface area contributed by atoms with E-state index in [0.29, 0.717) is 28.0 Å². The lowest BCUT2D eigenvalue weighted by atomic mass is 9.92. The maximum absolute atomic E-state index is 13.1. The molecule has 1 aromatic carbocycles. The molecule has 2 atom stereocenters. The number of benzene rings is 1. The van der Waals surface area contributed by atoms with Crippen molar-refractivity contribution in [1.29, 1.82) is 0 Å². The first-order valence-electron chi connectivity index (χ1n) is 10.1. The zero-order valence-corrected chi connectivity index (χ0v) is 17.1. The molecule has 2 N–H and O–H groups in total. The lowest BCUT2D eigenvalue weighted by Gasteiger charge is -2.21. The number of hydrogen-bond donors (Lipinski definition) is 2. The number of fused-ring (bicyclic) bond motifs is 1. The molecule has 148 valence electrons. The second-order valence-electron chi connectivity index (χ2n) is 7.72. The molecule has 0 bridgehead atoms. The van der Waals surface area contributed by atoms with Crippen molar-refractivity contribution in [3.8, 4) is 0 Å². The zero-order valence-electron chi connectivity index (χ0n) is 16.2. The van der Waals surface area contributed by atoms with Crippen molar-refractivity contribution in [2.75, 3.05) is 31.5 Å². The van der Waals surface area contributed by atoms with E-state index in [1.165, 1.54) is 16.9 Å². The normalized spacial score (nSPS) is 21.8. The summed E-state index contributed by atoms with van der Waals surface area (Å²) in [6.07, 6.45) is 3.05. The minimum Gasteiger partial charge on any atom is -0.339 e. The molecule has 0 aliphatic carbocycles. The van der Waals surface area contributed by atoms with Gasteiger partial charge in [0.1, 0.15) is 5.00 Å². The molecule has 5 nitrogen and oxygen atoms in total. The Bertz CT molecular complexity index is 832. The van der Waals surface area contributed by atoms with E-state index in [1.807, 2.05) is 40.6 Å². The Hall–Kier alpha value is -2.18. The van der Waals surface area contributed by atoms with Gasteiger partial charge in [0.05, 0.1) is 5.56 Å². The number of thiophene rings is 1. The van der Waals surface area contributed by atoms with Crippen molar-refractivity contribution in [3.63, 3.8) is 0 Å². The third-order valence-electron chi connectivity index (χ3n) is 6.05. The fraction of sp³-hybridized carbons (Fsp3) is 0.455. The van der Waals surface area contributed by atoms with E-state index in [9.17, 15) is 9.59 Å². The summed E-state index contributed by atoms with van der Waals surface area (Å²) in [5.74, 6) is 1.23. The van der Waals surface area contributed by atoms with Gasteiger partial charge in [-0.15, -0.1) is 11.3 Å². The van der Waals surface area contributed by atoms with Crippen LogP contribution in [0.3, 0.4) is 0 Å². The van der Waals surface area contributed by atoms with Crippen LogP contribution >= 0.6 is 11.3 Å². The maximum atomic E-state index is 13.1. The lowest BCUT2D eigenvalue weighted by molar-refractivity contribution is 0.0760. The van der Waals surface area contributed by atoms with Crippen molar-refractivity contribution >= 4 is 28.2 Å². The molecule has 2 fully saturated rings. The van der Waals surface area contributed by atoms with E-state index in [2.05, 4.69) is 17.6 Å². The second-order valence-corrected chi connectivity index (χ2v) is 8.63. The number of hydrogen-bond acceptors (Lipinski definition) is 4. The van der Waals surface area contributed by atoms with E-state index in [-0.39, 0.29) is 11.8 Å². The highest BCUT2D eigenvalue weighted by Gasteiger charge is 2.32. The van der Waals surface area contributed by atoms with Gasteiger partial charge in [0.15, 0.2) is 0 Å². The smallest absolute Gasteiger partial charge is 0.256 e. The lowest BCUT2D eigenvalue weighted by Crippen LogP contribution is -2.33. The number of likely N-dealkylation sites (tertiary alicyclic amines) is 1. The first-order chi connectivity index (χ1) is 13.7. The molecule has 2 aromatic rings. The number of carbonyl (C=O) groups is 2. The molecule has 28 heavy (non-hydrogen) atoms. The van der Waals surface area contributed by atoms with Crippen LogP contribution in [0.5, 0.6) is 0 Å². The van der Waals surface area contributed by atoms with Crippen LogP contribution in [0.1, 0.15) is 46.0 Å². The average Bonchev–Trinajstić information content (AvgIpc) is 3.32. The predicted octanol–water partition coefficient (Wildman–Crippen LogP) is 3.63. The predicted molar refractivity (Wildman–Crippen MR) is 113 cm³/mol. The number of nitrogens with zero attached hydrogens (tertiary/aromatic N) is 1. The highest BCUT2D eigenvalue weighted by molar-refractivity contribution is 7.14. The maximum Gasteiger partial charge on any atom is 0.256 e. The summed E-state index contributed by atoms with van der Waals surface area (Å²) in [5, 5.41) is 8.92. The van der Waals surface area contributed by atoms with Crippen LogP contribution in [-0.4, -0.2) is 42.9 Å².